The van der Waals surface area contributed by atoms with Crippen LogP contribution in [0.2, 0.25) is 0 Å². The Bertz CT molecular complexity index is 484. The third-order valence-electron chi connectivity index (χ3n) is 2.79. The van der Waals surface area contributed by atoms with Gasteiger partial charge in [-0.25, -0.2) is 0 Å². The van der Waals surface area contributed by atoms with Crippen molar-refractivity contribution in [1.29, 1.82) is 0 Å². The van der Waals surface area contributed by atoms with E-state index in [-0.39, 0.29) is 12.1 Å². The van der Waals surface area contributed by atoms with E-state index in [1.165, 1.54) is 0 Å². The molecule has 18 heavy (non-hydrogen) atoms. The van der Waals surface area contributed by atoms with Gasteiger partial charge >= 0.3 is 0 Å². The first-order valence-electron chi connectivity index (χ1n) is 5.86. The summed E-state index contributed by atoms with van der Waals surface area (Å²) in [5.41, 5.74) is 7.19. The van der Waals surface area contributed by atoms with Crippen molar-refractivity contribution in [3.8, 4) is 0 Å². The van der Waals surface area contributed by atoms with Crippen LogP contribution in [0.25, 0.3) is 0 Å². The van der Waals surface area contributed by atoms with Gasteiger partial charge in [-0.2, -0.15) is 4.98 Å². The molecule has 0 spiro atoms. The van der Waals surface area contributed by atoms with Crippen molar-refractivity contribution < 1.29 is 9.26 Å². The molecule has 2 N–H and O–H groups in total. The SMILES string of the molecule is COC(C)c1noc([C@@H](N)Cc2ccccc2)n1. The maximum absolute atomic E-state index is 6.04. The third-order valence-corrected chi connectivity index (χ3v) is 2.79. The summed E-state index contributed by atoms with van der Waals surface area (Å²) in [6, 6.07) is 9.68. The van der Waals surface area contributed by atoms with Gasteiger partial charge in [0.25, 0.3) is 0 Å². The smallest absolute Gasteiger partial charge is 0.243 e. The number of aromatic nitrogens is 2. The Balaban J connectivity index is 2.05. The van der Waals surface area contributed by atoms with Crippen LogP contribution in [0.1, 0.15) is 36.3 Å². The van der Waals surface area contributed by atoms with E-state index in [1.54, 1.807) is 7.11 Å². The highest BCUT2D eigenvalue weighted by molar-refractivity contribution is 5.16. The maximum atomic E-state index is 6.04. The van der Waals surface area contributed by atoms with E-state index in [2.05, 4.69) is 10.1 Å². The molecule has 96 valence electrons. The number of rotatable bonds is 5. The van der Waals surface area contributed by atoms with Crippen LogP contribution in [0.3, 0.4) is 0 Å². The molecule has 0 fully saturated rings. The maximum Gasteiger partial charge on any atom is 0.243 e. The predicted molar refractivity (Wildman–Crippen MR) is 66.8 cm³/mol. The topological polar surface area (TPSA) is 74.2 Å². The summed E-state index contributed by atoms with van der Waals surface area (Å²) in [7, 11) is 1.60. The van der Waals surface area contributed by atoms with Crippen molar-refractivity contribution >= 4 is 0 Å². The second-order valence-corrected chi connectivity index (χ2v) is 4.16. The lowest BCUT2D eigenvalue weighted by atomic mass is 10.1. The van der Waals surface area contributed by atoms with Crippen LogP contribution in [-0.2, 0) is 11.2 Å². The minimum absolute atomic E-state index is 0.188. The van der Waals surface area contributed by atoms with Gasteiger partial charge in [-0.05, 0) is 18.9 Å². The minimum Gasteiger partial charge on any atom is -0.374 e. The first-order valence-corrected chi connectivity index (χ1v) is 5.86. The fraction of sp³-hybridized carbons (Fsp3) is 0.385. The molecule has 1 unspecified atom stereocenters. The van der Waals surface area contributed by atoms with Crippen LogP contribution in [0.4, 0.5) is 0 Å². The Kier molecular flexibility index (Phi) is 4.07. The number of methoxy groups -OCH3 is 1. The van der Waals surface area contributed by atoms with E-state index in [9.17, 15) is 0 Å². The van der Waals surface area contributed by atoms with Crippen molar-refractivity contribution in [2.75, 3.05) is 7.11 Å². The second kappa shape index (κ2) is 5.75. The van der Waals surface area contributed by atoms with E-state index in [0.29, 0.717) is 18.1 Å². The first kappa shape index (κ1) is 12.7. The lowest BCUT2D eigenvalue weighted by Gasteiger charge is -2.06. The van der Waals surface area contributed by atoms with Crippen LogP contribution in [0.5, 0.6) is 0 Å². The molecular weight excluding hydrogens is 230 g/mol. The minimum atomic E-state index is -0.294. The molecular formula is C13H17N3O2. The zero-order valence-electron chi connectivity index (χ0n) is 10.5. The average molecular weight is 247 g/mol. The summed E-state index contributed by atoms with van der Waals surface area (Å²) in [5.74, 6) is 0.966. The number of ether oxygens (including phenoxy) is 1. The molecule has 0 radical (unpaired) electrons. The number of nitrogens with zero attached hydrogens (tertiary/aromatic N) is 2. The van der Waals surface area contributed by atoms with Gasteiger partial charge in [-0.1, -0.05) is 35.5 Å². The molecule has 2 rings (SSSR count). The van der Waals surface area contributed by atoms with E-state index >= 15 is 0 Å². The highest BCUT2D eigenvalue weighted by Gasteiger charge is 2.18. The summed E-state index contributed by atoms with van der Waals surface area (Å²) >= 11 is 0. The quantitative estimate of drug-likeness (QED) is 0.874. The summed E-state index contributed by atoms with van der Waals surface area (Å²) in [4.78, 5) is 4.25. The van der Waals surface area contributed by atoms with E-state index in [0.717, 1.165) is 5.56 Å². The van der Waals surface area contributed by atoms with Crippen LogP contribution < -0.4 is 5.73 Å². The fourth-order valence-electron chi connectivity index (χ4n) is 1.62. The van der Waals surface area contributed by atoms with Gasteiger partial charge in [0.05, 0.1) is 6.04 Å². The lowest BCUT2D eigenvalue weighted by molar-refractivity contribution is 0.109. The molecule has 5 nitrogen and oxygen atoms in total. The summed E-state index contributed by atoms with van der Waals surface area (Å²) in [6.45, 7) is 1.86. The number of hydrogen-bond donors (Lipinski definition) is 1. The summed E-state index contributed by atoms with van der Waals surface area (Å²) < 4.78 is 10.3. The van der Waals surface area contributed by atoms with Gasteiger partial charge in [-0.3, -0.25) is 0 Å². The van der Waals surface area contributed by atoms with E-state index < -0.39 is 0 Å². The Morgan fingerprint density at radius 2 is 2.06 bits per heavy atom. The zero-order chi connectivity index (χ0) is 13.0. The highest BCUT2D eigenvalue weighted by atomic mass is 16.5. The average Bonchev–Trinajstić information content (AvgIpc) is 2.88. The molecule has 0 aliphatic rings. The van der Waals surface area contributed by atoms with Gasteiger partial charge in [0.15, 0.2) is 5.82 Å². The molecule has 1 heterocycles. The van der Waals surface area contributed by atoms with Crippen LogP contribution in [0.15, 0.2) is 34.9 Å². The molecule has 2 aromatic rings. The van der Waals surface area contributed by atoms with Crippen LogP contribution >= 0.6 is 0 Å². The molecule has 5 heteroatoms. The van der Waals surface area contributed by atoms with Crippen molar-refractivity contribution in [1.82, 2.24) is 10.1 Å². The summed E-state index contributed by atoms with van der Waals surface area (Å²) in [5, 5.41) is 3.86. The molecule has 1 aromatic carbocycles. The van der Waals surface area contributed by atoms with Gasteiger partial charge < -0.3 is 15.0 Å². The van der Waals surface area contributed by atoms with Crippen LogP contribution in [-0.4, -0.2) is 17.3 Å². The monoisotopic (exact) mass is 247 g/mol. The number of nitrogens with two attached hydrogens (primary N) is 1. The lowest BCUT2D eigenvalue weighted by Crippen LogP contribution is -2.14. The molecule has 0 amide bonds. The normalized spacial score (nSPS) is 14.4. The molecule has 0 bridgehead atoms. The molecule has 0 aliphatic carbocycles. The number of hydrogen-bond acceptors (Lipinski definition) is 5. The summed E-state index contributed by atoms with van der Waals surface area (Å²) in [6.07, 6.45) is 0.482. The van der Waals surface area contributed by atoms with Crippen molar-refractivity contribution in [3.63, 3.8) is 0 Å². The molecule has 0 saturated heterocycles. The van der Waals surface area contributed by atoms with Gasteiger partial charge in [0.1, 0.15) is 6.10 Å². The Morgan fingerprint density at radius 3 is 2.72 bits per heavy atom. The molecule has 2 atom stereocenters. The molecule has 0 aliphatic heterocycles. The van der Waals surface area contributed by atoms with Gasteiger partial charge in [0, 0.05) is 7.11 Å². The third kappa shape index (κ3) is 2.94. The van der Waals surface area contributed by atoms with Crippen molar-refractivity contribution in [3.05, 3.63) is 47.6 Å². The Hall–Kier alpha value is -1.72. The van der Waals surface area contributed by atoms with Crippen molar-refractivity contribution in [2.24, 2.45) is 5.73 Å². The van der Waals surface area contributed by atoms with E-state index in [1.807, 2.05) is 37.3 Å². The van der Waals surface area contributed by atoms with Crippen LogP contribution in [0, 0.1) is 0 Å². The van der Waals surface area contributed by atoms with Crippen molar-refractivity contribution in [2.45, 2.75) is 25.5 Å². The Labute approximate surface area is 106 Å². The van der Waals surface area contributed by atoms with Gasteiger partial charge in [-0.15, -0.1) is 0 Å². The standard InChI is InChI=1S/C13H17N3O2/c1-9(17-2)12-15-13(18-16-12)11(14)8-10-6-4-3-5-7-10/h3-7,9,11H,8,14H2,1-2H3/t9?,11-/m0/s1. The highest BCUT2D eigenvalue weighted by Crippen LogP contribution is 2.17. The number of benzene rings is 1. The fourth-order valence-corrected chi connectivity index (χ4v) is 1.62. The molecule has 1 aromatic heterocycles. The second-order valence-electron chi connectivity index (χ2n) is 4.16. The first-order chi connectivity index (χ1) is 8.70. The van der Waals surface area contributed by atoms with E-state index in [4.69, 9.17) is 15.0 Å². The predicted octanol–water partition coefficient (Wildman–Crippen LogP) is 2.02. The molecule has 0 saturated carbocycles. The van der Waals surface area contributed by atoms with Gasteiger partial charge in [0.2, 0.25) is 5.89 Å². The largest absolute Gasteiger partial charge is 0.374 e. The Morgan fingerprint density at radius 1 is 1.33 bits per heavy atom. The zero-order valence-corrected chi connectivity index (χ0v) is 10.5.